The van der Waals surface area contributed by atoms with Crippen LogP contribution in [0.2, 0.25) is 0 Å². The minimum absolute atomic E-state index is 0.00947. The zero-order valence-electron chi connectivity index (χ0n) is 9.31. The van der Waals surface area contributed by atoms with Crippen molar-refractivity contribution in [1.29, 1.82) is 0 Å². The average Bonchev–Trinajstić information content (AvgIpc) is 2.23. The number of amides is 2. The number of benzene rings is 1. The van der Waals surface area contributed by atoms with Crippen molar-refractivity contribution >= 4 is 37.7 Å². The lowest BCUT2D eigenvalue weighted by molar-refractivity contribution is 0.249. The number of nitrogens with two attached hydrogens (primary N) is 2. The van der Waals surface area contributed by atoms with Gasteiger partial charge in [0.2, 0.25) is 10.0 Å². The molecule has 2 amide bonds. The van der Waals surface area contributed by atoms with Gasteiger partial charge in [-0.1, -0.05) is 15.9 Å². The summed E-state index contributed by atoms with van der Waals surface area (Å²) in [6, 6.07) is 3.75. The highest BCUT2D eigenvalue weighted by Crippen LogP contribution is 2.22. The standard InChI is InChI=1S/C9H13BrN4O3S/c10-6-1-2-8(7(11)5-6)18(16,17)14-4-3-13-9(12)15/h1-2,5,14H,3-4,11H2,(H3,12,13,15). The van der Waals surface area contributed by atoms with Crippen molar-refractivity contribution in [2.45, 2.75) is 4.90 Å². The van der Waals surface area contributed by atoms with Crippen LogP contribution in [0.15, 0.2) is 27.6 Å². The largest absolute Gasteiger partial charge is 0.398 e. The number of primary amides is 1. The maximum atomic E-state index is 11.9. The molecule has 0 aromatic heterocycles. The molecule has 6 N–H and O–H groups in total. The molecule has 1 aromatic rings. The Morgan fingerprint density at radius 2 is 2.00 bits per heavy atom. The first-order valence-electron chi connectivity index (χ1n) is 4.91. The molecule has 0 aliphatic carbocycles. The van der Waals surface area contributed by atoms with E-state index in [1.54, 1.807) is 6.07 Å². The fourth-order valence-corrected chi connectivity index (χ4v) is 2.73. The summed E-state index contributed by atoms with van der Waals surface area (Å²) >= 11 is 3.19. The van der Waals surface area contributed by atoms with Crippen LogP contribution in [-0.2, 0) is 10.0 Å². The van der Waals surface area contributed by atoms with Crippen LogP contribution < -0.4 is 21.5 Å². The fourth-order valence-electron chi connectivity index (χ4n) is 1.21. The van der Waals surface area contributed by atoms with Crippen LogP contribution in [0.1, 0.15) is 0 Å². The summed E-state index contributed by atoms with van der Waals surface area (Å²) in [5.74, 6) is 0. The Bertz CT molecular complexity index is 547. The Morgan fingerprint density at radius 3 is 2.56 bits per heavy atom. The molecule has 0 atom stereocenters. The molecule has 1 rings (SSSR count). The normalized spacial score (nSPS) is 11.2. The third-order valence-electron chi connectivity index (χ3n) is 1.98. The second kappa shape index (κ2) is 6.03. The Balaban J connectivity index is 2.71. The summed E-state index contributed by atoms with van der Waals surface area (Å²) in [7, 11) is -3.69. The number of nitrogen functional groups attached to an aromatic ring is 1. The van der Waals surface area contributed by atoms with E-state index in [2.05, 4.69) is 26.0 Å². The van der Waals surface area contributed by atoms with E-state index < -0.39 is 16.1 Å². The minimum Gasteiger partial charge on any atom is -0.398 e. The van der Waals surface area contributed by atoms with Crippen molar-refractivity contribution in [3.05, 3.63) is 22.7 Å². The van der Waals surface area contributed by atoms with Crippen LogP contribution in [0.4, 0.5) is 10.5 Å². The van der Waals surface area contributed by atoms with Gasteiger partial charge in [-0.15, -0.1) is 0 Å². The van der Waals surface area contributed by atoms with Gasteiger partial charge in [-0.05, 0) is 18.2 Å². The predicted octanol–water partition coefficient (Wildman–Crippen LogP) is -0.0221. The van der Waals surface area contributed by atoms with Gasteiger partial charge in [0.1, 0.15) is 4.90 Å². The van der Waals surface area contributed by atoms with E-state index in [0.29, 0.717) is 4.47 Å². The molecule has 0 unspecified atom stereocenters. The highest BCUT2D eigenvalue weighted by molar-refractivity contribution is 9.10. The molecule has 0 saturated heterocycles. The zero-order chi connectivity index (χ0) is 13.8. The van der Waals surface area contributed by atoms with Crippen LogP contribution in [0.25, 0.3) is 0 Å². The number of nitrogens with one attached hydrogen (secondary N) is 2. The minimum atomic E-state index is -3.69. The molecule has 0 aliphatic heterocycles. The number of carbonyl (C=O) groups is 1. The Kier molecular flexibility index (Phi) is 4.93. The summed E-state index contributed by atoms with van der Waals surface area (Å²) in [4.78, 5) is 10.4. The monoisotopic (exact) mass is 336 g/mol. The number of anilines is 1. The molecule has 0 aliphatic rings. The van der Waals surface area contributed by atoms with Crippen LogP contribution in [0, 0.1) is 0 Å². The number of rotatable bonds is 5. The third-order valence-corrected chi connectivity index (χ3v) is 4.01. The summed E-state index contributed by atoms with van der Waals surface area (Å²) in [5.41, 5.74) is 10.6. The molecular formula is C9H13BrN4O3S. The number of urea groups is 1. The van der Waals surface area contributed by atoms with Crippen LogP contribution in [-0.4, -0.2) is 27.5 Å². The first kappa shape index (κ1) is 14.7. The highest BCUT2D eigenvalue weighted by atomic mass is 79.9. The molecule has 100 valence electrons. The van der Waals surface area contributed by atoms with E-state index >= 15 is 0 Å². The molecule has 0 spiro atoms. The smallest absolute Gasteiger partial charge is 0.312 e. The Morgan fingerprint density at radius 1 is 1.33 bits per heavy atom. The van der Waals surface area contributed by atoms with Crippen LogP contribution in [0.5, 0.6) is 0 Å². The lowest BCUT2D eigenvalue weighted by Gasteiger charge is -2.09. The number of hydrogen-bond acceptors (Lipinski definition) is 4. The molecular weight excluding hydrogens is 324 g/mol. The lowest BCUT2D eigenvalue weighted by Crippen LogP contribution is -2.37. The topological polar surface area (TPSA) is 127 Å². The zero-order valence-corrected chi connectivity index (χ0v) is 11.7. The summed E-state index contributed by atoms with van der Waals surface area (Å²) in [6.45, 7) is 0.131. The van der Waals surface area contributed by atoms with E-state index in [-0.39, 0.29) is 23.7 Å². The van der Waals surface area contributed by atoms with E-state index in [1.165, 1.54) is 12.1 Å². The van der Waals surface area contributed by atoms with E-state index in [4.69, 9.17) is 11.5 Å². The highest BCUT2D eigenvalue weighted by Gasteiger charge is 2.16. The second-order valence-electron chi connectivity index (χ2n) is 3.37. The molecule has 0 bridgehead atoms. The Labute approximate surface area is 113 Å². The van der Waals surface area contributed by atoms with E-state index in [9.17, 15) is 13.2 Å². The van der Waals surface area contributed by atoms with Gasteiger partial charge in [-0.3, -0.25) is 0 Å². The van der Waals surface area contributed by atoms with Crippen LogP contribution >= 0.6 is 15.9 Å². The summed E-state index contributed by atoms with van der Waals surface area (Å²) in [6.07, 6.45) is 0. The van der Waals surface area contributed by atoms with Gasteiger partial charge in [-0.25, -0.2) is 17.9 Å². The van der Waals surface area contributed by atoms with Crippen molar-refractivity contribution in [3.8, 4) is 0 Å². The molecule has 0 saturated carbocycles. The van der Waals surface area contributed by atoms with Gasteiger partial charge in [-0.2, -0.15) is 0 Å². The molecule has 0 radical (unpaired) electrons. The number of sulfonamides is 1. The van der Waals surface area contributed by atoms with Gasteiger partial charge >= 0.3 is 6.03 Å². The Hall–Kier alpha value is -1.32. The number of halogens is 1. The van der Waals surface area contributed by atoms with Crippen molar-refractivity contribution in [1.82, 2.24) is 10.0 Å². The van der Waals surface area contributed by atoms with Gasteiger partial charge in [0.05, 0.1) is 5.69 Å². The van der Waals surface area contributed by atoms with Gasteiger partial charge in [0.25, 0.3) is 0 Å². The van der Waals surface area contributed by atoms with Crippen molar-refractivity contribution in [2.75, 3.05) is 18.8 Å². The maximum Gasteiger partial charge on any atom is 0.312 e. The first-order chi connectivity index (χ1) is 8.33. The second-order valence-corrected chi connectivity index (χ2v) is 6.02. The van der Waals surface area contributed by atoms with Crippen molar-refractivity contribution < 1.29 is 13.2 Å². The van der Waals surface area contributed by atoms with E-state index in [0.717, 1.165) is 0 Å². The third kappa shape index (κ3) is 4.17. The molecule has 9 heteroatoms. The number of hydrogen-bond donors (Lipinski definition) is 4. The first-order valence-corrected chi connectivity index (χ1v) is 7.18. The molecule has 0 fully saturated rings. The van der Waals surface area contributed by atoms with Gasteiger partial charge in [0, 0.05) is 17.6 Å². The number of carbonyl (C=O) groups excluding carboxylic acids is 1. The molecule has 0 heterocycles. The van der Waals surface area contributed by atoms with Gasteiger partial charge in [0.15, 0.2) is 0 Å². The SMILES string of the molecule is NC(=O)NCCNS(=O)(=O)c1ccc(Br)cc1N. The fraction of sp³-hybridized carbons (Fsp3) is 0.222. The summed E-state index contributed by atoms with van der Waals surface area (Å²) < 4.78 is 26.7. The summed E-state index contributed by atoms with van der Waals surface area (Å²) in [5, 5.41) is 2.27. The van der Waals surface area contributed by atoms with E-state index in [1.807, 2.05) is 0 Å². The van der Waals surface area contributed by atoms with Crippen LogP contribution in [0.3, 0.4) is 0 Å². The maximum absolute atomic E-state index is 11.9. The van der Waals surface area contributed by atoms with Crippen molar-refractivity contribution in [3.63, 3.8) is 0 Å². The molecule has 1 aromatic carbocycles. The average molecular weight is 337 g/mol. The van der Waals surface area contributed by atoms with Gasteiger partial charge < -0.3 is 16.8 Å². The predicted molar refractivity (Wildman–Crippen MR) is 71.3 cm³/mol. The lowest BCUT2D eigenvalue weighted by atomic mass is 10.3. The molecule has 18 heavy (non-hydrogen) atoms. The quantitative estimate of drug-likeness (QED) is 0.445. The van der Waals surface area contributed by atoms with Crippen molar-refractivity contribution in [2.24, 2.45) is 5.73 Å². The molecule has 7 nitrogen and oxygen atoms in total.